The van der Waals surface area contributed by atoms with Crippen LogP contribution in [0, 0.1) is 0 Å². The average molecular weight is 317 g/mol. The van der Waals surface area contributed by atoms with Crippen molar-refractivity contribution >= 4 is 21.6 Å². The van der Waals surface area contributed by atoms with Crippen LogP contribution < -0.4 is 0 Å². The van der Waals surface area contributed by atoms with Gasteiger partial charge in [0.1, 0.15) is 0 Å². The van der Waals surface area contributed by atoms with Gasteiger partial charge in [0.25, 0.3) is 0 Å². The van der Waals surface area contributed by atoms with Gasteiger partial charge in [0.2, 0.25) is 10.0 Å². The summed E-state index contributed by atoms with van der Waals surface area (Å²) in [5.41, 5.74) is 0.667. The van der Waals surface area contributed by atoms with Crippen LogP contribution in [-0.4, -0.2) is 49.8 Å². The van der Waals surface area contributed by atoms with Crippen molar-refractivity contribution < 1.29 is 8.42 Å². The quantitative estimate of drug-likeness (QED) is 0.799. The fraction of sp³-hybridized carbons (Fsp3) is 0.571. The summed E-state index contributed by atoms with van der Waals surface area (Å²) in [5.74, 6) is 0.210. The minimum Gasteiger partial charge on any atom is -0.298 e. The Morgan fingerprint density at radius 2 is 1.75 bits per heavy atom. The highest BCUT2D eigenvalue weighted by molar-refractivity contribution is 7.89. The van der Waals surface area contributed by atoms with E-state index >= 15 is 0 Å². The van der Waals surface area contributed by atoms with E-state index in [1.165, 1.54) is 0 Å². The molecule has 0 atom stereocenters. The Kier molecular flexibility index (Phi) is 5.07. The Hall–Kier alpha value is -0.620. The lowest BCUT2D eigenvalue weighted by Crippen LogP contribution is -2.50. The van der Waals surface area contributed by atoms with Crippen molar-refractivity contribution in [3.8, 4) is 0 Å². The van der Waals surface area contributed by atoms with E-state index in [0.29, 0.717) is 29.6 Å². The van der Waals surface area contributed by atoms with Crippen LogP contribution in [0.25, 0.3) is 0 Å². The maximum atomic E-state index is 12.7. The van der Waals surface area contributed by atoms with Crippen LogP contribution >= 0.6 is 11.6 Å². The van der Waals surface area contributed by atoms with Crippen molar-refractivity contribution in [3.05, 3.63) is 29.8 Å². The number of benzene rings is 1. The van der Waals surface area contributed by atoms with E-state index in [1.807, 2.05) is 6.07 Å². The molecule has 4 nitrogen and oxygen atoms in total. The van der Waals surface area contributed by atoms with Crippen molar-refractivity contribution in [1.29, 1.82) is 0 Å². The average Bonchev–Trinajstić information content (AvgIpc) is 2.47. The first-order valence-electron chi connectivity index (χ1n) is 6.85. The van der Waals surface area contributed by atoms with E-state index in [1.54, 1.807) is 22.5 Å². The maximum absolute atomic E-state index is 12.7. The lowest BCUT2D eigenvalue weighted by molar-refractivity contribution is 0.154. The molecule has 0 radical (unpaired) electrons. The Labute approximate surface area is 126 Å². The smallest absolute Gasteiger partial charge is 0.243 e. The number of alkyl halides is 1. The molecule has 0 amide bonds. The molecule has 6 heteroatoms. The highest BCUT2D eigenvalue weighted by atomic mass is 35.5. The number of halogens is 1. The van der Waals surface area contributed by atoms with Crippen molar-refractivity contribution in [2.45, 2.75) is 30.7 Å². The molecule has 1 aromatic carbocycles. The zero-order valence-electron chi connectivity index (χ0n) is 11.9. The maximum Gasteiger partial charge on any atom is 0.243 e. The molecule has 112 valence electrons. The fourth-order valence-corrected chi connectivity index (χ4v) is 4.42. The second-order valence-electron chi connectivity index (χ2n) is 5.28. The van der Waals surface area contributed by atoms with Crippen molar-refractivity contribution in [2.24, 2.45) is 0 Å². The molecule has 1 aliphatic rings. The van der Waals surface area contributed by atoms with Gasteiger partial charge in [-0.1, -0.05) is 18.2 Å². The van der Waals surface area contributed by atoms with Gasteiger partial charge in [-0.05, 0) is 25.5 Å². The molecule has 0 saturated carbocycles. The second-order valence-corrected chi connectivity index (χ2v) is 7.45. The first kappa shape index (κ1) is 15.8. The summed E-state index contributed by atoms with van der Waals surface area (Å²) in [5, 5.41) is 0. The molecule has 1 saturated heterocycles. The number of hydrogen-bond donors (Lipinski definition) is 0. The van der Waals surface area contributed by atoms with Gasteiger partial charge in [0.05, 0.1) is 4.90 Å². The van der Waals surface area contributed by atoms with Gasteiger partial charge in [0, 0.05) is 38.1 Å². The number of sulfonamides is 1. The normalized spacial score (nSPS) is 18.6. The molecular formula is C14H21ClN2O2S. The van der Waals surface area contributed by atoms with E-state index < -0.39 is 10.0 Å². The van der Waals surface area contributed by atoms with E-state index in [2.05, 4.69) is 18.7 Å². The summed E-state index contributed by atoms with van der Waals surface area (Å²) in [4.78, 5) is 2.63. The van der Waals surface area contributed by atoms with Crippen LogP contribution in [0.15, 0.2) is 29.2 Å². The molecule has 0 bridgehead atoms. The fourth-order valence-electron chi connectivity index (χ4n) is 2.47. The largest absolute Gasteiger partial charge is 0.298 e. The molecule has 1 aromatic rings. The van der Waals surface area contributed by atoms with Gasteiger partial charge >= 0.3 is 0 Å². The number of nitrogens with zero attached hydrogens (tertiary/aromatic N) is 2. The summed E-state index contributed by atoms with van der Waals surface area (Å²) in [6.45, 7) is 6.90. The first-order valence-corrected chi connectivity index (χ1v) is 8.82. The standard InChI is InChI=1S/C14H21ClN2O2S/c1-12(2)16-7-9-17(10-8-16)20(18,19)14-6-4-3-5-13(14)11-15/h3-6,12H,7-11H2,1-2H3. The van der Waals surface area contributed by atoms with Gasteiger partial charge in [0.15, 0.2) is 0 Å². The number of hydrogen-bond acceptors (Lipinski definition) is 3. The Bertz CT molecular complexity index is 552. The highest BCUT2D eigenvalue weighted by Gasteiger charge is 2.30. The topological polar surface area (TPSA) is 40.6 Å². The van der Waals surface area contributed by atoms with Crippen LogP contribution in [0.5, 0.6) is 0 Å². The first-order chi connectivity index (χ1) is 9.46. The summed E-state index contributed by atoms with van der Waals surface area (Å²) < 4.78 is 27.0. The summed E-state index contributed by atoms with van der Waals surface area (Å²) in [6.07, 6.45) is 0. The zero-order valence-corrected chi connectivity index (χ0v) is 13.5. The van der Waals surface area contributed by atoms with E-state index in [4.69, 9.17) is 11.6 Å². The van der Waals surface area contributed by atoms with Gasteiger partial charge in [-0.3, -0.25) is 4.90 Å². The minimum atomic E-state index is -3.43. The van der Waals surface area contributed by atoms with Crippen LogP contribution in [0.2, 0.25) is 0 Å². The molecule has 2 rings (SSSR count). The van der Waals surface area contributed by atoms with Crippen LogP contribution in [-0.2, 0) is 15.9 Å². The third-order valence-corrected chi connectivity index (χ3v) is 6.02. The lowest BCUT2D eigenvalue weighted by atomic mass is 10.2. The van der Waals surface area contributed by atoms with Crippen molar-refractivity contribution in [3.63, 3.8) is 0 Å². The lowest BCUT2D eigenvalue weighted by Gasteiger charge is -2.36. The molecule has 0 aromatic heterocycles. The van der Waals surface area contributed by atoms with Crippen molar-refractivity contribution in [1.82, 2.24) is 9.21 Å². The van der Waals surface area contributed by atoms with Crippen LogP contribution in [0.4, 0.5) is 0 Å². The zero-order chi connectivity index (χ0) is 14.8. The molecule has 0 spiro atoms. The third-order valence-electron chi connectivity index (χ3n) is 3.74. The van der Waals surface area contributed by atoms with E-state index in [-0.39, 0.29) is 5.88 Å². The minimum absolute atomic E-state index is 0.210. The number of rotatable bonds is 4. The van der Waals surface area contributed by atoms with E-state index in [0.717, 1.165) is 13.1 Å². The molecule has 1 heterocycles. The molecule has 0 unspecified atom stereocenters. The summed E-state index contributed by atoms with van der Waals surface area (Å²) >= 11 is 5.85. The second kappa shape index (κ2) is 6.43. The Balaban J connectivity index is 2.20. The predicted octanol–water partition coefficient (Wildman–Crippen LogP) is 2.14. The van der Waals surface area contributed by atoms with Gasteiger partial charge in [-0.25, -0.2) is 8.42 Å². The van der Waals surface area contributed by atoms with Gasteiger partial charge in [-0.2, -0.15) is 4.31 Å². The molecular weight excluding hydrogens is 296 g/mol. The molecule has 0 N–H and O–H groups in total. The van der Waals surface area contributed by atoms with Gasteiger partial charge in [-0.15, -0.1) is 11.6 Å². The predicted molar refractivity (Wildman–Crippen MR) is 81.5 cm³/mol. The van der Waals surface area contributed by atoms with Crippen molar-refractivity contribution in [2.75, 3.05) is 26.2 Å². The van der Waals surface area contributed by atoms with E-state index in [9.17, 15) is 8.42 Å². The molecule has 20 heavy (non-hydrogen) atoms. The molecule has 0 aliphatic carbocycles. The van der Waals surface area contributed by atoms with Crippen LogP contribution in [0.3, 0.4) is 0 Å². The Morgan fingerprint density at radius 1 is 1.15 bits per heavy atom. The third kappa shape index (κ3) is 3.17. The number of piperazine rings is 1. The summed E-state index contributed by atoms with van der Waals surface area (Å²) in [7, 11) is -3.43. The monoisotopic (exact) mass is 316 g/mol. The van der Waals surface area contributed by atoms with Crippen LogP contribution in [0.1, 0.15) is 19.4 Å². The van der Waals surface area contributed by atoms with Gasteiger partial charge < -0.3 is 0 Å². The highest BCUT2D eigenvalue weighted by Crippen LogP contribution is 2.23. The summed E-state index contributed by atoms with van der Waals surface area (Å²) in [6, 6.07) is 7.42. The molecule has 1 aliphatic heterocycles. The molecule has 1 fully saturated rings. The Morgan fingerprint density at radius 3 is 2.30 bits per heavy atom. The SMILES string of the molecule is CC(C)N1CCN(S(=O)(=O)c2ccccc2CCl)CC1.